The predicted octanol–water partition coefficient (Wildman–Crippen LogP) is 3.34. The summed E-state index contributed by atoms with van der Waals surface area (Å²) in [6.07, 6.45) is 2.12. The van der Waals surface area contributed by atoms with Gasteiger partial charge >= 0.3 is 0 Å². The number of hydrogen-bond donors (Lipinski definition) is 5. The minimum Gasteiger partial charge on any atom is -0.496 e. The Morgan fingerprint density at radius 1 is 1.02 bits per heavy atom. The molecular weight excluding hydrogens is 530 g/mol. The van der Waals surface area contributed by atoms with E-state index in [2.05, 4.69) is 21.3 Å². The van der Waals surface area contributed by atoms with Gasteiger partial charge in [-0.1, -0.05) is 36.4 Å². The second-order valence-corrected chi connectivity index (χ2v) is 10.7. The van der Waals surface area contributed by atoms with Crippen molar-refractivity contribution < 1.29 is 19.1 Å². The van der Waals surface area contributed by atoms with Crippen molar-refractivity contribution in [1.82, 2.24) is 21.3 Å². The van der Waals surface area contributed by atoms with E-state index in [1.807, 2.05) is 63.4 Å². The fourth-order valence-corrected chi connectivity index (χ4v) is 5.19. The van der Waals surface area contributed by atoms with Gasteiger partial charge in [-0.05, 0) is 86.2 Å². The van der Waals surface area contributed by atoms with Gasteiger partial charge in [0.25, 0.3) is 0 Å². The zero-order valence-electron chi connectivity index (χ0n) is 24.7. The SMILES string of the molecule is COc1ccc(CNC(Cc2c(C)cc(C(N)=O)cc2C)C(=O)NC(C)C2NC=C(c3ccccc3)N2)cc1C(C)=O. The molecule has 3 atom stereocenters. The van der Waals surface area contributed by atoms with Crippen LogP contribution in [0.3, 0.4) is 0 Å². The fourth-order valence-electron chi connectivity index (χ4n) is 5.19. The van der Waals surface area contributed by atoms with E-state index in [4.69, 9.17) is 10.5 Å². The molecule has 6 N–H and O–H groups in total. The normalized spacial score (nSPS) is 15.5. The van der Waals surface area contributed by atoms with Gasteiger partial charge in [-0.15, -0.1) is 0 Å². The Kier molecular flexibility index (Phi) is 9.64. The molecular formula is C33H39N5O4. The molecule has 4 rings (SSSR count). The van der Waals surface area contributed by atoms with Crippen molar-refractivity contribution in [3.8, 4) is 5.75 Å². The number of Topliss-reactive ketones (excluding diaryl/α,β-unsaturated/α-hetero) is 1. The highest BCUT2D eigenvalue weighted by Crippen LogP contribution is 2.22. The van der Waals surface area contributed by atoms with E-state index in [0.29, 0.717) is 29.8 Å². The molecule has 1 heterocycles. The summed E-state index contributed by atoms with van der Waals surface area (Å²) in [5, 5.41) is 13.3. The minimum atomic E-state index is -0.602. The van der Waals surface area contributed by atoms with Crippen LogP contribution < -0.4 is 31.7 Å². The van der Waals surface area contributed by atoms with Crippen molar-refractivity contribution in [2.75, 3.05) is 7.11 Å². The van der Waals surface area contributed by atoms with Gasteiger partial charge in [0.05, 0.1) is 30.5 Å². The topological polar surface area (TPSA) is 135 Å². The number of hydrogen-bond acceptors (Lipinski definition) is 7. The number of carbonyl (C=O) groups is 3. The van der Waals surface area contributed by atoms with Gasteiger partial charge in [0.15, 0.2) is 5.78 Å². The number of carbonyl (C=O) groups excluding carboxylic acids is 3. The Morgan fingerprint density at radius 2 is 1.71 bits per heavy atom. The van der Waals surface area contributed by atoms with E-state index < -0.39 is 11.9 Å². The molecule has 1 aliphatic rings. The second-order valence-electron chi connectivity index (χ2n) is 10.7. The first kappa shape index (κ1) is 30.3. The predicted molar refractivity (Wildman–Crippen MR) is 164 cm³/mol. The summed E-state index contributed by atoms with van der Waals surface area (Å²) in [6, 6.07) is 18.1. The fraction of sp³-hybridized carbons (Fsp3) is 0.303. The molecule has 42 heavy (non-hydrogen) atoms. The molecule has 0 aromatic heterocycles. The zero-order chi connectivity index (χ0) is 30.4. The van der Waals surface area contributed by atoms with Crippen molar-refractivity contribution in [2.45, 2.75) is 58.9 Å². The lowest BCUT2D eigenvalue weighted by molar-refractivity contribution is -0.124. The highest BCUT2D eigenvalue weighted by Gasteiger charge is 2.27. The highest BCUT2D eigenvalue weighted by molar-refractivity contribution is 5.97. The molecule has 0 radical (unpaired) electrons. The molecule has 9 heteroatoms. The third kappa shape index (κ3) is 7.16. The van der Waals surface area contributed by atoms with Crippen LogP contribution in [0.1, 0.15) is 62.4 Å². The largest absolute Gasteiger partial charge is 0.496 e. The van der Waals surface area contributed by atoms with Crippen LogP contribution in [0.4, 0.5) is 0 Å². The zero-order valence-corrected chi connectivity index (χ0v) is 24.7. The van der Waals surface area contributed by atoms with E-state index in [9.17, 15) is 14.4 Å². The smallest absolute Gasteiger partial charge is 0.248 e. The molecule has 9 nitrogen and oxygen atoms in total. The van der Waals surface area contributed by atoms with E-state index in [1.54, 1.807) is 24.3 Å². The van der Waals surface area contributed by atoms with Crippen molar-refractivity contribution >= 4 is 23.3 Å². The van der Waals surface area contributed by atoms with Gasteiger partial charge in [0.2, 0.25) is 11.8 Å². The van der Waals surface area contributed by atoms with E-state index >= 15 is 0 Å². The first-order valence-corrected chi connectivity index (χ1v) is 14.0. The maximum absolute atomic E-state index is 13.8. The van der Waals surface area contributed by atoms with Crippen LogP contribution in [0.25, 0.3) is 5.70 Å². The van der Waals surface area contributed by atoms with Gasteiger partial charge in [0, 0.05) is 18.3 Å². The van der Waals surface area contributed by atoms with Crippen LogP contribution in [0.15, 0.2) is 66.9 Å². The van der Waals surface area contributed by atoms with Crippen molar-refractivity contribution in [1.29, 1.82) is 0 Å². The average molecular weight is 570 g/mol. The summed E-state index contributed by atoms with van der Waals surface area (Å²) in [4.78, 5) is 37.7. The lowest BCUT2D eigenvalue weighted by Crippen LogP contribution is -2.55. The summed E-state index contributed by atoms with van der Waals surface area (Å²) in [6.45, 7) is 7.63. The molecule has 2 amide bonds. The Hall–Kier alpha value is -4.63. The maximum Gasteiger partial charge on any atom is 0.248 e. The standard InChI is InChI=1S/C33H39N5O4/c1-19-13-25(31(34)40)14-20(2)26(19)16-28(35-17-23-11-12-30(42-5)27(15-23)22(4)39)33(41)37-21(3)32-36-18-29(38-32)24-9-7-6-8-10-24/h6-15,18,21,28,32,35-36,38H,16-17H2,1-5H3,(H2,34,40)(H,37,41). The number of ketones is 1. The lowest BCUT2D eigenvalue weighted by atomic mass is 9.93. The van der Waals surface area contributed by atoms with Gasteiger partial charge in [-0.25, -0.2) is 0 Å². The Morgan fingerprint density at radius 3 is 2.33 bits per heavy atom. The third-order valence-corrected chi connectivity index (χ3v) is 7.57. The Bertz CT molecular complexity index is 1480. The number of amides is 2. The molecule has 0 spiro atoms. The number of primary amides is 1. The van der Waals surface area contributed by atoms with Gasteiger partial charge < -0.3 is 31.7 Å². The first-order valence-electron chi connectivity index (χ1n) is 14.0. The van der Waals surface area contributed by atoms with Crippen molar-refractivity contribution in [3.63, 3.8) is 0 Å². The minimum absolute atomic E-state index is 0.0994. The molecule has 0 fully saturated rings. The number of benzene rings is 3. The molecule has 3 aromatic rings. The number of rotatable bonds is 12. The number of nitrogens with two attached hydrogens (primary N) is 1. The first-order chi connectivity index (χ1) is 20.1. The van der Waals surface area contributed by atoms with Crippen molar-refractivity contribution in [2.24, 2.45) is 5.73 Å². The van der Waals surface area contributed by atoms with Crippen molar-refractivity contribution in [3.05, 3.63) is 106 Å². The molecule has 0 saturated carbocycles. The van der Waals surface area contributed by atoms with Crippen LogP contribution in [0, 0.1) is 13.8 Å². The lowest BCUT2D eigenvalue weighted by Gasteiger charge is -2.27. The number of aryl methyl sites for hydroxylation is 2. The second kappa shape index (κ2) is 13.4. The summed E-state index contributed by atoms with van der Waals surface area (Å²) in [5.74, 6) is -0.250. The van der Waals surface area contributed by atoms with Crippen LogP contribution in [0.2, 0.25) is 0 Å². The summed E-state index contributed by atoms with van der Waals surface area (Å²) < 4.78 is 5.33. The van der Waals surface area contributed by atoms with Crippen LogP contribution in [-0.4, -0.2) is 43.0 Å². The third-order valence-electron chi connectivity index (χ3n) is 7.57. The average Bonchev–Trinajstić information content (AvgIpc) is 3.47. The van der Waals surface area contributed by atoms with Gasteiger partial charge in [0.1, 0.15) is 11.9 Å². The molecule has 0 saturated heterocycles. The van der Waals surface area contributed by atoms with Crippen LogP contribution in [-0.2, 0) is 17.8 Å². The maximum atomic E-state index is 13.8. The monoisotopic (exact) mass is 569 g/mol. The summed E-state index contributed by atoms with van der Waals surface area (Å²) in [5.41, 5.74) is 12.0. The molecule has 1 aliphatic heterocycles. The highest BCUT2D eigenvalue weighted by atomic mass is 16.5. The van der Waals surface area contributed by atoms with Gasteiger partial charge in [-0.3, -0.25) is 14.4 Å². The summed E-state index contributed by atoms with van der Waals surface area (Å²) in [7, 11) is 1.53. The number of nitrogens with one attached hydrogen (secondary N) is 4. The van der Waals surface area contributed by atoms with E-state index in [-0.39, 0.29) is 23.9 Å². The summed E-state index contributed by atoms with van der Waals surface area (Å²) >= 11 is 0. The van der Waals surface area contributed by atoms with E-state index in [1.165, 1.54) is 14.0 Å². The number of ether oxygens (including phenoxy) is 1. The molecule has 3 aromatic carbocycles. The molecule has 220 valence electrons. The number of methoxy groups -OCH3 is 1. The van der Waals surface area contributed by atoms with Crippen LogP contribution >= 0.6 is 0 Å². The Balaban J connectivity index is 1.52. The molecule has 0 bridgehead atoms. The van der Waals surface area contributed by atoms with Crippen LogP contribution in [0.5, 0.6) is 5.75 Å². The molecule has 3 unspecified atom stereocenters. The molecule has 0 aliphatic carbocycles. The Labute approximate surface area is 246 Å². The quantitative estimate of drug-likeness (QED) is 0.211. The van der Waals surface area contributed by atoms with E-state index in [0.717, 1.165) is 33.5 Å². The van der Waals surface area contributed by atoms with Gasteiger partial charge in [-0.2, -0.15) is 0 Å².